The number of hydrogen-bond acceptors (Lipinski definition) is 4. The van der Waals surface area contributed by atoms with E-state index >= 15 is 0 Å². The second-order valence-electron chi connectivity index (χ2n) is 3.25. The number of nitrogens with zero attached hydrogens (tertiary/aromatic N) is 1. The predicted molar refractivity (Wildman–Crippen MR) is 56.6 cm³/mol. The van der Waals surface area contributed by atoms with Crippen LogP contribution in [0.3, 0.4) is 0 Å². The van der Waals surface area contributed by atoms with Gasteiger partial charge in [-0.15, -0.1) is 0 Å². The summed E-state index contributed by atoms with van der Waals surface area (Å²) < 4.78 is 42.0. The SMILES string of the molecule is CCOC(=N)c1ccc(C(F)(F)F)cc1[N+](=O)[O-]. The number of rotatable bonds is 3. The van der Waals surface area contributed by atoms with Crippen molar-refractivity contribution in [3.05, 3.63) is 39.4 Å². The van der Waals surface area contributed by atoms with Crippen molar-refractivity contribution in [2.75, 3.05) is 6.61 Å². The van der Waals surface area contributed by atoms with Gasteiger partial charge in [0.25, 0.3) is 5.69 Å². The van der Waals surface area contributed by atoms with Crippen LogP contribution < -0.4 is 0 Å². The van der Waals surface area contributed by atoms with Crippen LogP contribution in [0.25, 0.3) is 0 Å². The molecule has 1 aromatic rings. The second kappa shape index (κ2) is 5.03. The molecule has 98 valence electrons. The highest BCUT2D eigenvalue weighted by Crippen LogP contribution is 2.33. The highest BCUT2D eigenvalue weighted by molar-refractivity contribution is 5.95. The third-order valence-corrected chi connectivity index (χ3v) is 2.06. The molecule has 0 fully saturated rings. The van der Waals surface area contributed by atoms with Crippen molar-refractivity contribution in [1.29, 1.82) is 5.41 Å². The van der Waals surface area contributed by atoms with Crippen LogP contribution in [-0.4, -0.2) is 17.4 Å². The van der Waals surface area contributed by atoms with Crippen LogP contribution in [0.2, 0.25) is 0 Å². The second-order valence-corrected chi connectivity index (χ2v) is 3.25. The predicted octanol–water partition coefficient (Wildman–Crippen LogP) is 2.98. The molecule has 5 nitrogen and oxygen atoms in total. The van der Waals surface area contributed by atoms with Gasteiger partial charge in [0.15, 0.2) is 0 Å². The van der Waals surface area contributed by atoms with E-state index in [0.29, 0.717) is 12.1 Å². The summed E-state index contributed by atoms with van der Waals surface area (Å²) in [5.41, 5.74) is -2.22. The maximum absolute atomic E-state index is 12.4. The molecule has 0 radical (unpaired) electrons. The Hall–Kier alpha value is -2.12. The lowest BCUT2D eigenvalue weighted by molar-refractivity contribution is -0.385. The Bertz CT molecular complexity index is 486. The van der Waals surface area contributed by atoms with Gasteiger partial charge in [-0.1, -0.05) is 0 Å². The summed E-state index contributed by atoms with van der Waals surface area (Å²) >= 11 is 0. The average Bonchev–Trinajstić information content (AvgIpc) is 2.27. The molecule has 1 N–H and O–H groups in total. The Kier molecular flexibility index (Phi) is 3.89. The Labute approximate surface area is 99.8 Å². The van der Waals surface area contributed by atoms with Gasteiger partial charge >= 0.3 is 6.18 Å². The van der Waals surface area contributed by atoms with Gasteiger partial charge in [0, 0.05) is 6.07 Å². The van der Waals surface area contributed by atoms with Crippen LogP contribution in [0.15, 0.2) is 18.2 Å². The van der Waals surface area contributed by atoms with Crippen molar-refractivity contribution in [3.8, 4) is 0 Å². The third kappa shape index (κ3) is 2.96. The number of benzene rings is 1. The lowest BCUT2D eigenvalue weighted by atomic mass is 10.1. The quantitative estimate of drug-likeness (QED) is 0.393. The molecule has 1 aromatic carbocycles. The van der Waals surface area contributed by atoms with Crippen LogP contribution in [0.4, 0.5) is 18.9 Å². The van der Waals surface area contributed by atoms with E-state index in [1.807, 2.05) is 0 Å². The van der Waals surface area contributed by atoms with Gasteiger partial charge in [0.05, 0.1) is 17.1 Å². The van der Waals surface area contributed by atoms with Crippen LogP contribution in [-0.2, 0) is 10.9 Å². The molecule has 0 atom stereocenters. The van der Waals surface area contributed by atoms with Crippen LogP contribution in [0.5, 0.6) is 0 Å². The van der Waals surface area contributed by atoms with Gasteiger partial charge in [0.1, 0.15) is 5.56 Å². The van der Waals surface area contributed by atoms with Crippen LogP contribution in [0, 0.1) is 15.5 Å². The molecule has 0 bridgehead atoms. The Balaban J connectivity index is 3.30. The molecule has 0 amide bonds. The summed E-state index contributed by atoms with van der Waals surface area (Å²) in [5.74, 6) is -0.530. The fourth-order valence-electron chi connectivity index (χ4n) is 1.27. The fraction of sp³-hybridized carbons (Fsp3) is 0.300. The molecule has 0 heterocycles. The molecule has 0 aliphatic carbocycles. The number of nitrogens with one attached hydrogen (secondary N) is 1. The van der Waals surface area contributed by atoms with E-state index in [4.69, 9.17) is 10.1 Å². The first kappa shape index (κ1) is 13.9. The number of nitro benzene ring substituents is 1. The maximum Gasteiger partial charge on any atom is 0.416 e. The standard InChI is InChI=1S/C10H9F3N2O3/c1-2-18-9(14)7-4-3-6(10(11,12)13)5-8(7)15(16)17/h3-5,14H,2H2,1H3. The highest BCUT2D eigenvalue weighted by atomic mass is 19.4. The van der Waals surface area contributed by atoms with Crippen molar-refractivity contribution >= 4 is 11.6 Å². The summed E-state index contributed by atoms with van der Waals surface area (Å²) in [5, 5.41) is 18.1. The molecular formula is C10H9F3N2O3. The monoisotopic (exact) mass is 262 g/mol. The van der Waals surface area contributed by atoms with Crippen molar-refractivity contribution in [2.45, 2.75) is 13.1 Å². The van der Waals surface area contributed by atoms with Gasteiger partial charge in [-0.05, 0) is 19.1 Å². The molecule has 0 unspecified atom stereocenters. The molecule has 18 heavy (non-hydrogen) atoms. The zero-order valence-electron chi connectivity index (χ0n) is 9.25. The lowest BCUT2D eigenvalue weighted by Gasteiger charge is -2.09. The molecule has 0 aliphatic heterocycles. The number of nitro groups is 1. The minimum absolute atomic E-state index is 0.0943. The maximum atomic E-state index is 12.4. The summed E-state index contributed by atoms with van der Waals surface area (Å²) in [6.07, 6.45) is -4.67. The van der Waals surface area contributed by atoms with Crippen molar-refractivity contribution in [2.24, 2.45) is 0 Å². The molecule has 0 aromatic heterocycles. The Morgan fingerprint density at radius 3 is 2.56 bits per heavy atom. The largest absolute Gasteiger partial charge is 0.478 e. The summed E-state index contributed by atoms with van der Waals surface area (Å²) in [7, 11) is 0. The Morgan fingerprint density at radius 1 is 1.50 bits per heavy atom. The molecule has 0 saturated carbocycles. The van der Waals surface area contributed by atoms with E-state index in [-0.39, 0.29) is 12.2 Å². The first-order valence-electron chi connectivity index (χ1n) is 4.84. The van der Waals surface area contributed by atoms with E-state index in [0.717, 1.165) is 6.07 Å². The minimum Gasteiger partial charge on any atom is -0.478 e. The fourth-order valence-corrected chi connectivity index (χ4v) is 1.27. The van der Waals surface area contributed by atoms with E-state index in [2.05, 4.69) is 0 Å². The van der Waals surface area contributed by atoms with E-state index in [1.165, 1.54) is 0 Å². The summed E-state index contributed by atoms with van der Waals surface area (Å²) in [6.45, 7) is 1.65. The highest BCUT2D eigenvalue weighted by Gasteiger charge is 2.33. The molecular weight excluding hydrogens is 253 g/mol. The van der Waals surface area contributed by atoms with Gasteiger partial charge in [-0.25, -0.2) is 0 Å². The first-order chi connectivity index (χ1) is 8.27. The number of hydrogen-bond donors (Lipinski definition) is 1. The van der Waals surface area contributed by atoms with Gasteiger partial charge in [-0.2, -0.15) is 13.2 Å². The molecule has 0 spiro atoms. The average molecular weight is 262 g/mol. The normalized spacial score (nSPS) is 11.1. The molecule has 0 saturated heterocycles. The first-order valence-corrected chi connectivity index (χ1v) is 4.84. The third-order valence-electron chi connectivity index (χ3n) is 2.06. The van der Waals surface area contributed by atoms with Crippen molar-refractivity contribution in [1.82, 2.24) is 0 Å². The minimum atomic E-state index is -4.67. The van der Waals surface area contributed by atoms with Crippen LogP contribution >= 0.6 is 0 Å². The summed E-state index contributed by atoms with van der Waals surface area (Å²) in [6, 6.07) is 1.93. The van der Waals surface area contributed by atoms with Crippen molar-refractivity contribution < 1.29 is 22.8 Å². The number of ether oxygens (including phenoxy) is 1. The number of halogens is 3. The molecule has 0 aliphatic rings. The topological polar surface area (TPSA) is 76.2 Å². The van der Waals surface area contributed by atoms with Crippen LogP contribution in [0.1, 0.15) is 18.1 Å². The van der Waals surface area contributed by atoms with Gasteiger partial charge < -0.3 is 4.74 Å². The zero-order chi connectivity index (χ0) is 13.9. The number of alkyl halides is 3. The molecule has 1 rings (SSSR count). The smallest absolute Gasteiger partial charge is 0.416 e. The summed E-state index contributed by atoms with van der Waals surface area (Å²) in [4.78, 5) is 9.72. The van der Waals surface area contributed by atoms with Gasteiger partial charge in [0.2, 0.25) is 5.90 Å². The Morgan fingerprint density at radius 2 is 2.11 bits per heavy atom. The van der Waals surface area contributed by atoms with E-state index in [9.17, 15) is 23.3 Å². The van der Waals surface area contributed by atoms with Gasteiger partial charge in [-0.3, -0.25) is 15.5 Å². The molecule has 8 heteroatoms. The lowest BCUT2D eigenvalue weighted by Crippen LogP contribution is -2.11. The zero-order valence-corrected chi connectivity index (χ0v) is 9.25. The van der Waals surface area contributed by atoms with E-state index < -0.39 is 28.2 Å². The van der Waals surface area contributed by atoms with E-state index in [1.54, 1.807) is 6.92 Å². The van der Waals surface area contributed by atoms with Crippen molar-refractivity contribution in [3.63, 3.8) is 0 Å².